The monoisotopic (exact) mass is 179 g/mol. The standard InChI is InChI=1S/C10H13NO2/c1-8-10(4-7-13-8)11-5-2-9(12)3-6-11/h4,7H,2-3,5-6H2,1H3. The first-order valence-electron chi connectivity index (χ1n) is 4.58. The average Bonchev–Trinajstić information content (AvgIpc) is 2.53. The predicted molar refractivity (Wildman–Crippen MR) is 49.9 cm³/mol. The molecule has 0 radical (unpaired) electrons. The van der Waals surface area contributed by atoms with Gasteiger partial charge in [-0.25, -0.2) is 0 Å². The van der Waals surface area contributed by atoms with Gasteiger partial charge in [-0.1, -0.05) is 0 Å². The number of carbonyl (C=O) groups is 1. The summed E-state index contributed by atoms with van der Waals surface area (Å²) >= 11 is 0. The molecule has 2 rings (SSSR count). The van der Waals surface area contributed by atoms with Crippen molar-refractivity contribution >= 4 is 11.5 Å². The molecular weight excluding hydrogens is 166 g/mol. The third-order valence-electron chi connectivity index (χ3n) is 2.49. The zero-order chi connectivity index (χ0) is 9.26. The highest BCUT2D eigenvalue weighted by atomic mass is 16.3. The van der Waals surface area contributed by atoms with Crippen molar-refractivity contribution < 1.29 is 9.21 Å². The summed E-state index contributed by atoms with van der Waals surface area (Å²) in [4.78, 5) is 13.2. The summed E-state index contributed by atoms with van der Waals surface area (Å²) in [6.45, 7) is 3.62. The molecule has 0 atom stereocenters. The van der Waals surface area contributed by atoms with Crippen molar-refractivity contribution in [3.05, 3.63) is 18.1 Å². The van der Waals surface area contributed by atoms with Crippen LogP contribution in [-0.2, 0) is 4.79 Å². The highest BCUT2D eigenvalue weighted by Crippen LogP contribution is 2.23. The Hall–Kier alpha value is -1.25. The molecular formula is C10H13NO2. The maximum absolute atomic E-state index is 11.0. The number of carbonyl (C=O) groups excluding carboxylic acids is 1. The predicted octanol–water partition coefficient (Wildman–Crippen LogP) is 1.76. The van der Waals surface area contributed by atoms with Gasteiger partial charge in [-0.15, -0.1) is 0 Å². The second-order valence-corrected chi connectivity index (χ2v) is 3.39. The van der Waals surface area contributed by atoms with Crippen LogP contribution in [0.25, 0.3) is 0 Å². The Kier molecular flexibility index (Phi) is 2.08. The molecule has 0 aromatic carbocycles. The van der Waals surface area contributed by atoms with E-state index in [-0.39, 0.29) is 0 Å². The third-order valence-corrected chi connectivity index (χ3v) is 2.49. The van der Waals surface area contributed by atoms with Crippen LogP contribution in [-0.4, -0.2) is 18.9 Å². The summed E-state index contributed by atoms with van der Waals surface area (Å²) in [6, 6.07) is 1.96. The maximum Gasteiger partial charge on any atom is 0.136 e. The molecule has 0 aliphatic carbocycles. The number of Topliss-reactive ketones (excluding diaryl/α,β-unsaturated/α-hetero) is 1. The van der Waals surface area contributed by atoms with Crippen molar-refractivity contribution in [2.45, 2.75) is 19.8 Å². The minimum absolute atomic E-state index is 0.373. The number of hydrogen-bond acceptors (Lipinski definition) is 3. The number of rotatable bonds is 1. The largest absolute Gasteiger partial charge is 0.467 e. The zero-order valence-electron chi connectivity index (χ0n) is 7.75. The van der Waals surface area contributed by atoms with Gasteiger partial charge < -0.3 is 9.32 Å². The molecule has 1 fully saturated rings. The minimum atomic E-state index is 0.373. The molecule has 3 nitrogen and oxygen atoms in total. The summed E-state index contributed by atoms with van der Waals surface area (Å²) in [5, 5.41) is 0. The highest BCUT2D eigenvalue weighted by Gasteiger charge is 2.18. The summed E-state index contributed by atoms with van der Waals surface area (Å²) in [5.74, 6) is 1.31. The van der Waals surface area contributed by atoms with E-state index >= 15 is 0 Å². The normalized spacial score (nSPS) is 17.9. The van der Waals surface area contributed by atoms with E-state index in [9.17, 15) is 4.79 Å². The van der Waals surface area contributed by atoms with Crippen molar-refractivity contribution in [1.82, 2.24) is 0 Å². The Balaban J connectivity index is 2.10. The Morgan fingerprint density at radius 2 is 2.08 bits per heavy atom. The summed E-state index contributed by atoms with van der Waals surface area (Å²) in [5.41, 5.74) is 1.13. The van der Waals surface area contributed by atoms with E-state index in [0.29, 0.717) is 18.6 Å². The zero-order valence-corrected chi connectivity index (χ0v) is 7.75. The van der Waals surface area contributed by atoms with Crippen molar-refractivity contribution in [3.63, 3.8) is 0 Å². The molecule has 0 spiro atoms. The van der Waals surface area contributed by atoms with Crippen LogP contribution in [0.15, 0.2) is 16.7 Å². The summed E-state index contributed by atoms with van der Waals surface area (Å²) in [7, 11) is 0. The van der Waals surface area contributed by atoms with Gasteiger partial charge >= 0.3 is 0 Å². The van der Waals surface area contributed by atoms with E-state index in [0.717, 1.165) is 24.5 Å². The Labute approximate surface area is 77.3 Å². The van der Waals surface area contributed by atoms with Crippen LogP contribution in [0, 0.1) is 6.92 Å². The van der Waals surface area contributed by atoms with Crippen LogP contribution in [0.5, 0.6) is 0 Å². The summed E-state index contributed by atoms with van der Waals surface area (Å²) in [6.07, 6.45) is 3.04. The molecule has 0 amide bonds. The van der Waals surface area contributed by atoms with E-state index in [1.165, 1.54) is 0 Å². The van der Waals surface area contributed by atoms with Gasteiger partial charge in [0, 0.05) is 32.0 Å². The fraction of sp³-hybridized carbons (Fsp3) is 0.500. The molecule has 3 heteroatoms. The number of anilines is 1. The minimum Gasteiger partial charge on any atom is -0.467 e. The first-order chi connectivity index (χ1) is 6.27. The van der Waals surface area contributed by atoms with E-state index in [1.807, 2.05) is 13.0 Å². The average molecular weight is 179 g/mol. The molecule has 0 bridgehead atoms. The number of nitrogens with zero attached hydrogens (tertiary/aromatic N) is 1. The molecule has 13 heavy (non-hydrogen) atoms. The second-order valence-electron chi connectivity index (χ2n) is 3.39. The van der Waals surface area contributed by atoms with Crippen LogP contribution in [0.1, 0.15) is 18.6 Å². The fourth-order valence-corrected chi connectivity index (χ4v) is 1.70. The lowest BCUT2D eigenvalue weighted by Gasteiger charge is -2.27. The van der Waals surface area contributed by atoms with E-state index in [2.05, 4.69) is 4.90 Å². The van der Waals surface area contributed by atoms with Crippen molar-refractivity contribution in [1.29, 1.82) is 0 Å². The highest BCUT2D eigenvalue weighted by molar-refractivity contribution is 5.81. The van der Waals surface area contributed by atoms with Gasteiger partial charge in [0.05, 0.1) is 12.0 Å². The van der Waals surface area contributed by atoms with Crippen LogP contribution < -0.4 is 4.90 Å². The van der Waals surface area contributed by atoms with Crippen molar-refractivity contribution in [2.75, 3.05) is 18.0 Å². The van der Waals surface area contributed by atoms with Crippen molar-refractivity contribution in [2.24, 2.45) is 0 Å². The van der Waals surface area contributed by atoms with Gasteiger partial charge in [-0.3, -0.25) is 4.79 Å². The molecule has 0 N–H and O–H groups in total. The first kappa shape index (κ1) is 8.35. The molecule has 1 aliphatic heterocycles. The van der Waals surface area contributed by atoms with Crippen LogP contribution in [0.2, 0.25) is 0 Å². The third kappa shape index (κ3) is 1.59. The molecule has 1 aromatic heterocycles. The number of hydrogen-bond donors (Lipinski definition) is 0. The number of aryl methyl sites for hydroxylation is 1. The van der Waals surface area contributed by atoms with Gasteiger partial charge in [-0.05, 0) is 6.92 Å². The fourth-order valence-electron chi connectivity index (χ4n) is 1.70. The molecule has 2 heterocycles. The molecule has 1 aromatic rings. The van der Waals surface area contributed by atoms with Gasteiger partial charge in [-0.2, -0.15) is 0 Å². The lowest BCUT2D eigenvalue weighted by Crippen LogP contribution is -2.33. The first-order valence-corrected chi connectivity index (χ1v) is 4.58. The lowest BCUT2D eigenvalue weighted by molar-refractivity contribution is -0.119. The van der Waals surface area contributed by atoms with Crippen LogP contribution in [0.3, 0.4) is 0 Å². The van der Waals surface area contributed by atoms with Gasteiger partial charge in [0.15, 0.2) is 0 Å². The molecule has 0 unspecified atom stereocenters. The van der Waals surface area contributed by atoms with Crippen LogP contribution in [0.4, 0.5) is 5.69 Å². The van der Waals surface area contributed by atoms with E-state index in [1.54, 1.807) is 6.26 Å². The second kappa shape index (κ2) is 3.24. The van der Waals surface area contributed by atoms with E-state index < -0.39 is 0 Å². The topological polar surface area (TPSA) is 33.5 Å². The quantitative estimate of drug-likeness (QED) is 0.658. The number of piperidine rings is 1. The van der Waals surface area contributed by atoms with E-state index in [4.69, 9.17) is 4.42 Å². The summed E-state index contributed by atoms with van der Waals surface area (Å²) < 4.78 is 5.22. The Morgan fingerprint density at radius 3 is 2.62 bits per heavy atom. The lowest BCUT2D eigenvalue weighted by atomic mass is 10.1. The Morgan fingerprint density at radius 1 is 1.38 bits per heavy atom. The number of ketones is 1. The maximum atomic E-state index is 11.0. The molecule has 0 saturated carbocycles. The van der Waals surface area contributed by atoms with Gasteiger partial charge in [0.25, 0.3) is 0 Å². The molecule has 1 aliphatic rings. The number of furan rings is 1. The smallest absolute Gasteiger partial charge is 0.136 e. The molecule has 1 saturated heterocycles. The van der Waals surface area contributed by atoms with Gasteiger partial charge in [0.2, 0.25) is 0 Å². The Bertz CT molecular complexity index is 306. The van der Waals surface area contributed by atoms with Crippen LogP contribution >= 0.6 is 0 Å². The van der Waals surface area contributed by atoms with Crippen molar-refractivity contribution in [3.8, 4) is 0 Å². The molecule has 70 valence electrons. The SMILES string of the molecule is Cc1occc1N1CCC(=O)CC1. The van der Waals surface area contributed by atoms with Gasteiger partial charge in [0.1, 0.15) is 11.5 Å².